The molecular weight excluding hydrogens is 156 g/mol. The normalized spacial score (nSPS) is 33.2. The minimum Gasteiger partial charge on any atom is -0.396 e. The van der Waals surface area contributed by atoms with Crippen molar-refractivity contribution in [1.29, 1.82) is 0 Å². The van der Waals surface area contributed by atoms with Crippen LogP contribution in [0.4, 0.5) is 0 Å². The summed E-state index contributed by atoms with van der Waals surface area (Å²) in [5.41, 5.74) is 0.111. The lowest BCUT2D eigenvalue weighted by atomic mass is 9.77. The molecule has 1 N–H and O–H groups in total. The van der Waals surface area contributed by atoms with Crippen LogP contribution in [0.2, 0.25) is 0 Å². The molecule has 1 atom stereocenters. The van der Waals surface area contributed by atoms with Crippen molar-refractivity contribution in [3.63, 3.8) is 0 Å². The van der Waals surface area contributed by atoms with Crippen molar-refractivity contribution in [2.75, 3.05) is 26.4 Å². The topological polar surface area (TPSA) is 42.0 Å². The van der Waals surface area contributed by atoms with E-state index < -0.39 is 0 Å². The Labute approximate surface area is 72.7 Å². The van der Waals surface area contributed by atoms with Crippen LogP contribution in [-0.4, -0.2) is 37.6 Å². The first-order valence-corrected chi connectivity index (χ1v) is 4.65. The number of epoxide rings is 1. The second kappa shape index (κ2) is 3.32. The number of rotatable bonds is 3. The van der Waals surface area contributed by atoms with Gasteiger partial charge >= 0.3 is 0 Å². The Morgan fingerprint density at radius 2 is 2.00 bits per heavy atom. The highest BCUT2D eigenvalue weighted by Crippen LogP contribution is 2.38. The van der Waals surface area contributed by atoms with E-state index in [9.17, 15) is 5.11 Å². The monoisotopic (exact) mass is 172 g/mol. The van der Waals surface area contributed by atoms with E-state index in [1.54, 1.807) is 0 Å². The van der Waals surface area contributed by atoms with Crippen LogP contribution < -0.4 is 0 Å². The van der Waals surface area contributed by atoms with E-state index in [-0.39, 0.29) is 12.0 Å². The third-order valence-electron chi connectivity index (χ3n) is 2.95. The molecule has 0 unspecified atom stereocenters. The van der Waals surface area contributed by atoms with Crippen LogP contribution in [0, 0.1) is 5.41 Å². The van der Waals surface area contributed by atoms with E-state index >= 15 is 0 Å². The Hall–Kier alpha value is -0.120. The van der Waals surface area contributed by atoms with Gasteiger partial charge in [0, 0.05) is 25.2 Å². The lowest BCUT2D eigenvalue weighted by Gasteiger charge is -2.35. The molecule has 0 bridgehead atoms. The fourth-order valence-electron chi connectivity index (χ4n) is 1.90. The zero-order valence-electron chi connectivity index (χ0n) is 7.29. The first kappa shape index (κ1) is 8.48. The molecule has 2 aliphatic rings. The van der Waals surface area contributed by atoms with Crippen LogP contribution in [0.15, 0.2) is 0 Å². The Bertz CT molecular complexity index is 148. The lowest BCUT2D eigenvalue weighted by molar-refractivity contribution is -0.0240. The van der Waals surface area contributed by atoms with Crippen molar-refractivity contribution in [3.8, 4) is 0 Å². The summed E-state index contributed by atoms with van der Waals surface area (Å²) in [6.07, 6.45) is 3.43. The standard InChI is InChI=1S/C9H16O3/c10-7-9(5-8-6-12-8)1-3-11-4-2-9/h8,10H,1-7H2/t8-/m1/s1. The van der Waals surface area contributed by atoms with Gasteiger partial charge in [0.15, 0.2) is 0 Å². The van der Waals surface area contributed by atoms with Crippen LogP contribution in [0.5, 0.6) is 0 Å². The first-order valence-electron chi connectivity index (χ1n) is 4.65. The predicted molar refractivity (Wildman–Crippen MR) is 43.9 cm³/mol. The second-order valence-electron chi connectivity index (χ2n) is 3.93. The molecule has 2 saturated heterocycles. The van der Waals surface area contributed by atoms with Gasteiger partial charge in [0.1, 0.15) is 0 Å². The SMILES string of the molecule is OCC1(C[C@@H]2CO2)CCOCC1. The van der Waals surface area contributed by atoms with E-state index in [1.807, 2.05) is 0 Å². The fraction of sp³-hybridized carbons (Fsp3) is 1.00. The number of aliphatic hydroxyl groups excluding tert-OH is 1. The van der Waals surface area contributed by atoms with Gasteiger partial charge in [-0.3, -0.25) is 0 Å². The van der Waals surface area contributed by atoms with E-state index in [2.05, 4.69) is 0 Å². The van der Waals surface area contributed by atoms with Gasteiger partial charge in [-0.05, 0) is 19.3 Å². The van der Waals surface area contributed by atoms with Gasteiger partial charge in [0.05, 0.1) is 12.7 Å². The summed E-state index contributed by atoms with van der Waals surface area (Å²) in [6, 6.07) is 0. The Kier molecular flexibility index (Phi) is 2.35. The summed E-state index contributed by atoms with van der Waals surface area (Å²) in [7, 11) is 0. The van der Waals surface area contributed by atoms with E-state index in [1.165, 1.54) is 0 Å². The molecule has 0 radical (unpaired) electrons. The summed E-state index contributed by atoms with van der Waals surface area (Å²) in [5.74, 6) is 0. The van der Waals surface area contributed by atoms with Gasteiger partial charge in [-0.25, -0.2) is 0 Å². The minimum atomic E-state index is 0.111. The molecule has 0 amide bonds. The average molecular weight is 172 g/mol. The lowest BCUT2D eigenvalue weighted by Crippen LogP contribution is -2.34. The van der Waals surface area contributed by atoms with Crippen LogP contribution in [0.3, 0.4) is 0 Å². The van der Waals surface area contributed by atoms with Crippen molar-refractivity contribution in [2.45, 2.75) is 25.4 Å². The van der Waals surface area contributed by atoms with Gasteiger partial charge in [0.25, 0.3) is 0 Å². The number of hydrogen-bond acceptors (Lipinski definition) is 3. The van der Waals surface area contributed by atoms with E-state index in [0.29, 0.717) is 6.10 Å². The molecule has 70 valence electrons. The molecule has 2 aliphatic heterocycles. The number of hydrogen-bond donors (Lipinski definition) is 1. The van der Waals surface area contributed by atoms with Crippen LogP contribution in [0.25, 0.3) is 0 Å². The van der Waals surface area contributed by atoms with Gasteiger partial charge in [0.2, 0.25) is 0 Å². The quantitative estimate of drug-likeness (QED) is 0.633. The number of aliphatic hydroxyl groups is 1. The first-order chi connectivity index (χ1) is 5.85. The third-order valence-corrected chi connectivity index (χ3v) is 2.95. The summed E-state index contributed by atoms with van der Waals surface area (Å²) in [6.45, 7) is 2.78. The van der Waals surface area contributed by atoms with Gasteiger partial charge in [-0.1, -0.05) is 0 Å². The molecule has 0 aromatic carbocycles. The zero-order valence-corrected chi connectivity index (χ0v) is 7.29. The van der Waals surface area contributed by atoms with Crippen LogP contribution >= 0.6 is 0 Å². The molecule has 0 saturated carbocycles. The highest BCUT2D eigenvalue weighted by molar-refractivity contribution is 4.87. The van der Waals surface area contributed by atoms with Crippen LogP contribution in [-0.2, 0) is 9.47 Å². The van der Waals surface area contributed by atoms with Gasteiger partial charge < -0.3 is 14.6 Å². The minimum absolute atomic E-state index is 0.111. The van der Waals surface area contributed by atoms with Crippen molar-refractivity contribution in [2.24, 2.45) is 5.41 Å². The third kappa shape index (κ3) is 1.79. The number of ether oxygens (including phenoxy) is 2. The van der Waals surface area contributed by atoms with Crippen molar-refractivity contribution >= 4 is 0 Å². The predicted octanol–water partition coefficient (Wildman–Crippen LogP) is 0.564. The molecule has 3 nitrogen and oxygen atoms in total. The summed E-state index contributed by atoms with van der Waals surface area (Å²) >= 11 is 0. The maximum absolute atomic E-state index is 9.31. The molecule has 0 spiro atoms. The summed E-state index contributed by atoms with van der Waals surface area (Å²) < 4.78 is 10.5. The smallest absolute Gasteiger partial charge is 0.0816 e. The Morgan fingerprint density at radius 1 is 1.33 bits per heavy atom. The highest BCUT2D eigenvalue weighted by Gasteiger charge is 2.38. The summed E-state index contributed by atoms with van der Waals surface area (Å²) in [5, 5.41) is 9.31. The van der Waals surface area contributed by atoms with Crippen molar-refractivity contribution < 1.29 is 14.6 Å². The Balaban J connectivity index is 1.90. The molecule has 2 fully saturated rings. The van der Waals surface area contributed by atoms with Gasteiger partial charge in [-0.15, -0.1) is 0 Å². The molecule has 0 aromatic heterocycles. The maximum atomic E-state index is 9.31. The molecule has 0 aliphatic carbocycles. The molecule has 12 heavy (non-hydrogen) atoms. The summed E-state index contributed by atoms with van der Waals surface area (Å²) in [4.78, 5) is 0. The zero-order chi connectivity index (χ0) is 8.44. The highest BCUT2D eigenvalue weighted by atomic mass is 16.6. The molecule has 2 rings (SSSR count). The van der Waals surface area contributed by atoms with Gasteiger partial charge in [-0.2, -0.15) is 0 Å². The second-order valence-corrected chi connectivity index (χ2v) is 3.93. The average Bonchev–Trinajstić information content (AvgIpc) is 2.90. The Morgan fingerprint density at radius 3 is 2.50 bits per heavy atom. The van der Waals surface area contributed by atoms with Crippen molar-refractivity contribution in [1.82, 2.24) is 0 Å². The van der Waals surface area contributed by atoms with Crippen molar-refractivity contribution in [3.05, 3.63) is 0 Å². The molecule has 2 heterocycles. The van der Waals surface area contributed by atoms with E-state index in [0.717, 1.165) is 39.1 Å². The largest absolute Gasteiger partial charge is 0.396 e. The maximum Gasteiger partial charge on any atom is 0.0816 e. The van der Waals surface area contributed by atoms with Crippen LogP contribution in [0.1, 0.15) is 19.3 Å². The fourth-order valence-corrected chi connectivity index (χ4v) is 1.90. The van der Waals surface area contributed by atoms with E-state index in [4.69, 9.17) is 9.47 Å². The molecule has 0 aromatic rings. The molecule has 3 heteroatoms. The molecular formula is C9H16O3.